The first-order valence-corrected chi connectivity index (χ1v) is 10.3. The predicted molar refractivity (Wildman–Crippen MR) is 108 cm³/mol. The minimum atomic E-state index is -0.294. The van der Waals surface area contributed by atoms with E-state index in [2.05, 4.69) is 27.3 Å². The summed E-state index contributed by atoms with van der Waals surface area (Å²) in [4.78, 5) is 28.5. The molecule has 0 unspecified atom stereocenters. The number of rotatable bonds is 3. The smallest absolute Gasteiger partial charge is 0.291 e. The first kappa shape index (κ1) is 17.2. The number of amides is 1. The fraction of sp³-hybridized carbons (Fsp3) is 0.350. The van der Waals surface area contributed by atoms with Crippen LogP contribution in [0.3, 0.4) is 0 Å². The third kappa shape index (κ3) is 2.75. The van der Waals surface area contributed by atoms with Gasteiger partial charge in [-0.15, -0.1) is 16.4 Å². The summed E-state index contributed by atoms with van der Waals surface area (Å²) in [6.45, 7) is 4.55. The maximum absolute atomic E-state index is 12.6. The molecule has 8 heteroatoms. The van der Waals surface area contributed by atoms with E-state index in [-0.39, 0.29) is 11.7 Å². The number of thiophene rings is 1. The van der Waals surface area contributed by atoms with Gasteiger partial charge in [0.15, 0.2) is 5.65 Å². The number of carbonyl (C=O) groups is 1. The van der Waals surface area contributed by atoms with Crippen molar-refractivity contribution in [1.29, 1.82) is 0 Å². The molecule has 0 saturated carbocycles. The lowest BCUT2D eigenvalue weighted by atomic mass is 9.87. The zero-order chi connectivity index (χ0) is 19.3. The van der Waals surface area contributed by atoms with Crippen molar-refractivity contribution in [3.8, 4) is 0 Å². The predicted octanol–water partition coefficient (Wildman–Crippen LogP) is 3.41. The summed E-state index contributed by atoms with van der Waals surface area (Å²) in [5.41, 5.74) is 3.01. The fourth-order valence-electron chi connectivity index (χ4n) is 3.95. The lowest BCUT2D eigenvalue weighted by Gasteiger charge is -2.18. The van der Waals surface area contributed by atoms with Crippen LogP contribution in [0.25, 0.3) is 15.9 Å². The Hall–Kier alpha value is -2.87. The van der Waals surface area contributed by atoms with Crippen molar-refractivity contribution in [2.75, 3.05) is 0 Å². The van der Waals surface area contributed by atoms with Crippen LogP contribution in [0.2, 0.25) is 0 Å². The lowest BCUT2D eigenvalue weighted by molar-refractivity contribution is 0.0940. The second-order valence-corrected chi connectivity index (χ2v) is 8.37. The molecule has 0 radical (unpaired) electrons. The molecule has 1 amide bonds. The van der Waals surface area contributed by atoms with Crippen molar-refractivity contribution in [3.05, 3.63) is 52.2 Å². The molecule has 0 fully saturated rings. The minimum Gasteiger partial charge on any atom is -0.345 e. The highest BCUT2D eigenvalue weighted by molar-refractivity contribution is 7.19. The lowest BCUT2D eigenvalue weighted by Crippen LogP contribution is -2.24. The standard InChI is InChI=1S/C20H20N6OS/c1-11-5-3-7-14-15(11)16-18-24-17(25-26(18)12(2)23-20(16)28-14)19(27)22-10-13-6-4-8-21-9-13/h4,6,8-9,11H,3,5,7,10H2,1-2H3,(H,22,27)/t11-/m1/s1. The van der Waals surface area contributed by atoms with Crippen LogP contribution in [-0.4, -0.2) is 30.5 Å². The summed E-state index contributed by atoms with van der Waals surface area (Å²) in [5, 5.41) is 8.39. The first-order chi connectivity index (χ1) is 13.6. The molecule has 0 aromatic carbocycles. The Morgan fingerprint density at radius 3 is 3.11 bits per heavy atom. The molecular weight excluding hydrogens is 372 g/mol. The van der Waals surface area contributed by atoms with Gasteiger partial charge in [-0.2, -0.15) is 4.52 Å². The van der Waals surface area contributed by atoms with Gasteiger partial charge in [0.2, 0.25) is 5.82 Å². The summed E-state index contributed by atoms with van der Waals surface area (Å²) < 4.78 is 1.70. The highest BCUT2D eigenvalue weighted by atomic mass is 32.1. The Bertz CT molecular complexity index is 1200. The van der Waals surface area contributed by atoms with Crippen LogP contribution in [0.5, 0.6) is 0 Å². The molecule has 142 valence electrons. The number of nitrogens with one attached hydrogen (secondary N) is 1. The fourth-order valence-corrected chi connectivity index (χ4v) is 5.32. The normalized spacial score (nSPS) is 16.4. The summed E-state index contributed by atoms with van der Waals surface area (Å²) in [5.74, 6) is 1.10. The molecule has 28 heavy (non-hydrogen) atoms. The van der Waals surface area contributed by atoms with Gasteiger partial charge >= 0.3 is 0 Å². The largest absolute Gasteiger partial charge is 0.345 e. The summed E-state index contributed by atoms with van der Waals surface area (Å²) in [6.07, 6.45) is 6.92. The Morgan fingerprint density at radius 1 is 1.39 bits per heavy atom. The van der Waals surface area contributed by atoms with Gasteiger partial charge in [0.1, 0.15) is 10.7 Å². The van der Waals surface area contributed by atoms with E-state index in [4.69, 9.17) is 4.98 Å². The van der Waals surface area contributed by atoms with E-state index in [0.717, 1.165) is 33.7 Å². The number of pyridine rings is 1. The van der Waals surface area contributed by atoms with Crippen LogP contribution in [0.1, 0.15) is 58.1 Å². The minimum absolute atomic E-state index is 0.171. The molecule has 0 bridgehead atoms. The number of nitrogens with zero attached hydrogens (tertiary/aromatic N) is 5. The van der Waals surface area contributed by atoms with Crippen LogP contribution in [0, 0.1) is 6.92 Å². The van der Waals surface area contributed by atoms with E-state index < -0.39 is 0 Å². The van der Waals surface area contributed by atoms with Gasteiger partial charge in [0, 0.05) is 23.8 Å². The highest BCUT2D eigenvalue weighted by Crippen LogP contribution is 2.42. The quantitative estimate of drug-likeness (QED) is 0.577. The number of hydrogen-bond acceptors (Lipinski definition) is 6. The molecule has 1 aliphatic rings. The molecule has 4 aromatic heterocycles. The Kier molecular flexibility index (Phi) is 4.08. The highest BCUT2D eigenvalue weighted by Gasteiger charge is 2.26. The van der Waals surface area contributed by atoms with Crippen molar-refractivity contribution >= 4 is 33.1 Å². The average Bonchev–Trinajstić information content (AvgIpc) is 3.29. The zero-order valence-electron chi connectivity index (χ0n) is 15.8. The van der Waals surface area contributed by atoms with Crippen LogP contribution in [0.15, 0.2) is 24.5 Å². The van der Waals surface area contributed by atoms with Gasteiger partial charge in [-0.3, -0.25) is 9.78 Å². The van der Waals surface area contributed by atoms with Crippen molar-refractivity contribution in [3.63, 3.8) is 0 Å². The van der Waals surface area contributed by atoms with E-state index in [1.807, 2.05) is 19.1 Å². The monoisotopic (exact) mass is 392 g/mol. The van der Waals surface area contributed by atoms with Crippen molar-refractivity contribution in [2.45, 2.75) is 45.6 Å². The maximum atomic E-state index is 12.6. The van der Waals surface area contributed by atoms with Crippen molar-refractivity contribution in [1.82, 2.24) is 29.9 Å². The van der Waals surface area contributed by atoms with Crippen LogP contribution in [-0.2, 0) is 13.0 Å². The molecule has 4 heterocycles. The molecule has 4 aromatic rings. The van der Waals surface area contributed by atoms with Gasteiger partial charge < -0.3 is 5.32 Å². The second-order valence-electron chi connectivity index (χ2n) is 7.29. The van der Waals surface area contributed by atoms with E-state index in [1.165, 1.54) is 23.3 Å². The van der Waals surface area contributed by atoms with E-state index >= 15 is 0 Å². The zero-order valence-corrected chi connectivity index (χ0v) is 16.6. The molecular formula is C20H20N6OS. The van der Waals surface area contributed by atoms with Gasteiger partial charge in [-0.25, -0.2) is 9.97 Å². The third-order valence-corrected chi connectivity index (χ3v) is 6.48. The topological polar surface area (TPSA) is 85.1 Å². The van der Waals surface area contributed by atoms with Gasteiger partial charge in [-0.1, -0.05) is 13.0 Å². The van der Waals surface area contributed by atoms with Crippen molar-refractivity contribution < 1.29 is 4.79 Å². The number of hydrogen-bond donors (Lipinski definition) is 1. The van der Waals surface area contributed by atoms with Gasteiger partial charge in [0.25, 0.3) is 5.91 Å². The maximum Gasteiger partial charge on any atom is 0.291 e. The van der Waals surface area contributed by atoms with E-state index in [9.17, 15) is 4.79 Å². The van der Waals surface area contributed by atoms with Gasteiger partial charge in [-0.05, 0) is 49.3 Å². The molecule has 1 atom stereocenters. The SMILES string of the molecule is Cc1nc2sc3c(c2c2nc(C(=O)NCc4cccnc4)nn12)[C@H](C)CCC3. The number of fused-ring (bicyclic) bond motifs is 5. The molecule has 0 aliphatic heterocycles. The van der Waals surface area contributed by atoms with E-state index in [1.54, 1.807) is 28.2 Å². The Morgan fingerprint density at radius 2 is 2.29 bits per heavy atom. The van der Waals surface area contributed by atoms with Crippen molar-refractivity contribution in [2.24, 2.45) is 0 Å². The Labute approximate surface area is 165 Å². The first-order valence-electron chi connectivity index (χ1n) is 9.47. The molecule has 5 rings (SSSR count). The summed E-state index contributed by atoms with van der Waals surface area (Å²) in [7, 11) is 0. The summed E-state index contributed by atoms with van der Waals surface area (Å²) >= 11 is 1.76. The molecule has 0 saturated heterocycles. The number of aromatic nitrogens is 5. The van der Waals surface area contributed by atoms with Crippen LogP contribution < -0.4 is 5.32 Å². The van der Waals surface area contributed by atoms with Crippen LogP contribution >= 0.6 is 11.3 Å². The molecule has 1 N–H and O–H groups in total. The number of carbonyl (C=O) groups excluding carboxylic acids is 1. The molecule has 0 spiro atoms. The third-order valence-electron chi connectivity index (χ3n) is 5.32. The average molecular weight is 392 g/mol. The summed E-state index contributed by atoms with van der Waals surface area (Å²) in [6, 6.07) is 3.76. The Balaban J connectivity index is 1.56. The molecule has 7 nitrogen and oxygen atoms in total. The molecule has 1 aliphatic carbocycles. The number of aryl methyl sites for hydroxylation is 2. The van der Waals surface area contributed by atoms with Gasteiger partial charge in [0.05, 0.1) is 5.39 Å². The second kappa shape index (κ2) is 6.63. The van der Waals surface area contributed by atoms with E-state index in [0.29, 0.717) is 12.5 Å². The van der Waals surface area contributed by atoms with Crippen LogP contribution in [0.4, 0.5) is 0 Å².